The number of carbonyl (C=O) groups excluding carboxylic acids is 1. The number of carbonyl (C=O) groups is 1. The van der Waals surface area contributed by atoms with Crippen LogP contribution in [0, 0.1) is 0 Å². The van der Waals surface area contributed by atoms with Crippen molar-refractivity contribution < 1.29 is 18.3 Å². The monoisotopic (exact) mass is 286 g/mol. The zero-order valence-electron chi connectivity index (χ0n) is 11.1. The number of hydrogen-bond donors (Lipinski definition) is 3. The smallest absolute Gasteiger partial charge is 0.251 e. The minimum Gasteiger partial charge on any atom is -0.389 e. The minimum absolute atomic E-state index is 0.0457. The summed E-state index contributed by atoms with van der Waals surface area (Å²) in [6, 6.07) is 5.55. The Morgan fingerprint density at radius 2 is 1.79 bits per heavy atom. The number of sulfonamides is 1. The van der Waals surface area contributed by atoms with E-state index in [4.69, 9.17) is 0 Å². The van der Waals surface area contributed by atoms with Crippen molar-refractivity contribution in [2.24, 2.45) is 0 Å². The molecule has 1 amide bonds. The molecule has 0 saturated carbocycles. The SMILES string of the molecule is CNC(=O)c1ccc(S(=O)(=O)NCC(C)(C)O)cc1. The molecule has 0 radical (unpaired) electrons. The van der Waals surface area contributed by atoms with Crippen molar-refractivity contribution in [2.45, 2.75) is 24.3 Å². The number of aliphatic hydroxyl groups is 1. The zero-order valence-corrected chi connectivity index (χ0v) is 11.9. The molecule has 0 saturated heterocycles. The van der Waals surface area contributed by atoms with E-state index in [1.807, 2.05) is 0 Å². The summed E-state index contributed by atoms with van der Waals surface area (Å²) >= 11 is 0. The van der Waals surface area contributed by atoms with E-state index in [1.165, 1.54) is 45.2 Å². The number of hydrogen-bond acceptors (Lipinski definition) is 4. The van der Waals surface area contributed by atoms with Crippen LogP contribution in [0.15, 0.2) is 29.2 Å². The first-order valence-electron chi connectivity index (χ1n) is 5.70. The minimum atomic E-state index is -3.68. The van der Waals surface area contributed by atoms with E-state index in [2.05, 4.69) is 10.0 Å². The second kappa shape index (κ2) is 5.68. The normalized spacial score (nSPS) is 12.2. The van der Waals surface area contributed by atoms with E-state index >= 15 is 0 Å². The lowest BCUT2D eigenvalue weighted by Crippen LogP contribution is -2.38. The maximum absolute atomic E-state index is 11.9. The van der Waals surface area contributed by atoms with Crippen LogP contribution < -0.4 is 10.0 Å². The molecule has 0 fully saturated rings. The van der Waals surface area contributed by atoms with E-state index in [-0.39, 0.29) is 17.3 Å². The highest BCUT2D eigenvalue weighted by atomic mass is 32.2. The van der Waals surface area contributed by atoms with Crippen LogP contribution in [0.25, 0.3) is 0 Å². The largest absolute Gasteiger partial charge is 0.389 e. The van der Waals surface area contributed by atoms with Gasteiger partial charge < -0.3 is 10.4 Å². The van der Waals surface area contributed by atoms with Gasteiger partial charge in [-0.25, -0.2) is 13.1 Å². The molecule has 0 unspecified atom stereocenters. The summed E-state index contributed by atoms with van der Waals surface area (Å²) in [5, 5.41) is 11.9. The van der Waals surface area contributed by atoms with Gasteiger partial charge in [-0.05, 0) is 38.1 Å². The van der Waals surface area contributed by atoms with Crippen LogP contribution in [0.4, 0.5) is 0 Å². The number of rotatable bonds is 5. The maximum Gasteiger partial charge on any atom is 0.251 e. The molecule has 0 heterocycles. The highest BCUT2D eigenvalue weighted by molar-refractivity contribution is 7.89. The summed E-state index contributed by atoms with van der Waals surface area (Å²) in [6.45, 7) is 2.92. The average molecular weight is 286 g/mol. The van der Waals surface area contributed by atoms with Gasteiger partial charge >= 0.3 is 0 Å². The van der Waals surface area contributed by atoms with Crippen molar-refractivity contribution in [3.05, 3.63) is 29.8 Å². The topological polar surface area (TPSA) is 95.5 Å². The molecule has 1 rings (SSSR count). The van der Waals surface area contributed by atoms with E-state index in [0.29, 0.717) is 5.56 Å². The Morgan fingerprint density at radius 3 is 2.21 bits per heavy atom. The van der Waals surface area contributed by atoms with E-state index < -0.39 is 15.6 Å². The quantitative estimate of drug-likeness (QED) is 0.715. The van der Waals surface area contributed by atoms with Crippen LogP contribution in [-0.4, -0.2) is 38.6 Å². The summed E-state index contributed by atoms with van der Waals surface area (Å²) in [5.74, 6) is -0.284. The number of nitrogens with one attached hydrogen (secondary N) is 2. The Balaban J connectivity index is 2.88. The molecule has 0 aliphatic heterocycles. The third-order valence-corrected chi connectivity index (χ3v) is 3.77. The lowest BCUT2D eigenvalue weighted by atomic mass is 10.1. The summed E-state index contributed by atoms with van der Waals surface area (Å²) in [5.41, 5.74) is -0.751. The fourth-order valence-electron chi connectivity index (χ4n) is 1.28. The van der Waals surface area contributed by atoms with Crippen LogP contribution >= 0.6 is 0 Å². The lowest BCUT2D eigenvalue weighted by Gasteiger charge is -2.17. The second-order valence-electron chi connectivity index (χ2n) is 4.74. The Morgan fingerprint density at radius 1 is 1.26 bits per heavy atom. The van der Waals surface area contributed by atoms with Gasteiger partial charge in [0.05, 0.1) is 10.5 Å². The summed E-state index contributed by atoms with van der Waals surface area (Å²) in [7, 11) is -2.19. The van der Waals surface area contributed by atoms with Crippen molar-refractivity contribution in [3.63, 3.8) is 0 Å². The van der Waals surface area contributed by atoms with Crippen molar-refractivity contribution in [3.8, 4) is 0 Å². The van der Waals surface area contributed by atoms with Gasteiger partial charge in [0.25, 0.3) is 5.91 Å². The summed E-state index contributed by atoms with van der Waals surface area (Å²) in [4.78, 5) is 11.4. The summed E-state index contributed by atoms with van der Waals surface area (Å²) < 4.78 is 26.1. The third kappa shape index (κ3) is 4.62. The lowest BCUT2D eigenvalue weighted by molar-refractivity contribution is 0.0857. The number of benzene rings is 1. The standard InChI is InChI=1S/C12H18N2O4S/c1-12(2,16)8-14-19(17,18)10-6-4-9(5-7-10)11(15)13-3/h4-7,14,16H,8H2,1-3H3,(H,13,15). The Labute approximate surface area is 112 Å². The van der Waals surface area contributed by atoms with Gasteiger partial charge in [-0.15, -0.1) is 0 Å². The Kier molecular flexibility index (Phi) is 4.67. The van der Waals surface area contributed by atoms with Crippen LogP contribution in [0.5, 0.6) is 0 Å². The molecule has 0 bridgehead atoms. The van der Waals surface area contributed by atoms with E-state index in [9.17, 15) is 18.3 Å². The average Bonchev–Trinajstić information content (AvgIpc) is 2.35. The van der Waals surface area contributed by atoms with Gasteiger partial charge in [-0.2, -0.15) is 0 Å². The predicted octanol–water partition coefficient (Wildman–Crippen LogP) is 0.0954. The fourth-order valence-corrected chi connectivity index (χ4v) is 2.49. The predicted molar refractivity (Wildman–Crippen MR) is 71.3 cm³/mol. The van der Waals surface area contributed by atoms with Crippen molar-refractivity contribution in [1.82, 2.24) is 10.0 Å². The molecular weight excluding hydrogens is 268 g/mol. The fraction of sp³-hybridized carbons (Fsp3) is 0.417. The van der Waals surface area contributed by atoms with Crippen molar-refractivity contribution in [2.75, 3.05) is 13.6 Å². The van der Waals surface area contributed by atoms with Gasteiger partial charge in [0, 0.05) is 19.2 Å². The van der Waals surface area contributed by atoms with Crippen LogP contribution in [-0.2, 0) is 10.0 Å². The van der Waals surface area contributed by atoms with Gasteiger partial charge in [-0.3, -0.25) is 4.79 Å². The molecule has 7 heteroatoms. The molecule has 106 valence electrons. The summed E-state index contributed by atoms with van der Waals surface area (Å²) in [6.07, 6.45) is 0. The Bertz CT molecular complexity index is 544. The van der Waals surface area contributed by atoms with Gasteiger partial charge in [0.1, 0.15) is 0 Å². The highest BCUT2D eigenvalue weighted by Gasteiger charge is 2.19. The maximum atomic E-state index is 11.9. The second-order valence-corrected chi connectivity index (χ2v) is 6.51. The highest BCUT2D eigenvalue weighted by Crippen LogP contribution is 2.11. The molecule has 1 aromatic rings. The van der Waals surface area contributed by atoms with E-state index in [0.717, 1.165) is 0 Å². The zero-order chi connectivity index (χ0) is 14.7. The molecular formula is C12H18N2O4S. The molecule has 19 heavy (non-hydrogen) atoms. The molecule has 0 aliphatic carbocycles. The van der Waals surface area contributed by atoms with Crippen molar-refractivity contribution in [1.29, 1.82) is 0 Å². The molecule has 6 nitrogen and oxygen atoms in total. The molecule has 1 aromatic carbocycles. The third-order valence-electron chi connectivity index (χ3n) is 2.35. The molecule has 0 atom stereocenters. The number of amides is 1. The van der Waals surface area contributed by atoms with Crippen LogP contribution in [0.2, 0.25) is 0 Å². The van der Waals surface area contributed by atoms with Crippen LogP contribution in [0.1, 0.15) is 24.2 Å². The van der Waals surface area contributed by atoms with E-state index in [1.54, 1.807) is 0 Å². The van der Waals surface area contributed by atoms with Crippen LogP contribution in [0.3, 0.4) is 0 Å². The van der Waals surface area contributed by atoms with Gasteiger partial charge in [0.15, 0.2) is 0 Å². The molecule has 0 aliphatic rings. The molecule has 0 aromatic heterocycles. The first kappa shape index (κ1) is 15.6. The van der Waals surface area contributed by atoms with Crippen molar-refractivity contribution >= 4 is 15.9 Å². The van der Waals surface area contributed by atoms with Gasteiger partial charge in [0.2, 0.25) is 10.0 Å². The molecule has 3 N–H and O–H groups in total. The van der Waals surface area contributed by atoms with Gasteiger partial charge in [-0.1, -0.05) is 0 Å². The first-order valence-corrected chi connectivity index (χ1v) is 7.18. The molecule has 0 spiro atoms. The first-order chi connectivity index (χ1) is 8.65. The Hall–Kier alpha value is -1.44.